The number of fused-ring (bicyclic) bond motifs is 1. The number of H-pyrrole nitrogens is 1. The number of rotatable bonds is 2. The number of anilines is 1. The molecule has 0 bridgehead atoms. The van der Waals surface area contributed by atoms with Gasteiger partial charge in [-0.3, -0.25) is 5.10 Å². The fourth-order valence-electron chi connectivity index (χ4n) is 2.04. The van der Waals surface area contributed by atoms with Crippen molar-refractivity contribution in [1.29, 1.82) is 0 Å². The smallest absolute Gasteiger partial charge is 0.137 e. The number of aromatic amines is 1. The molecule has 1 atom stereocenters. The second-order valence-corrected chi connectivity index (χ2v) is 3.78. The quantitative estimate of drug-likeness (QED) is 0.795. The lowest BCUT2D eigenvalue weighted by Gasteiger charge is -2.07. The molecule has 0 aromatic carbocycles. The third-order valence-corrected chi connectivity index (χ3v) is 2.90. The molecule has 0 saturated carbocycles. The topological polar surface area (TPSA) is 62.8 Å². The van der Waals surface area contributed by atoms with E-state index < -0.39 is 0 Å². The maximum atomic E-state index is 5.19. The van der Waals surface area contributed by atoms with Crippen molar-refractivity contribution in [3.05, 3.63) is 35.8 Å². The number of ether oxygens (including phenoxy) is 1. The summed E-state index contributed by atoms with van der Waals surface area (Å²) in [6, 6.07) is 2.03. The number of nitrogens with one attached hydrogen (secondary N) is 2. The second-order valence-electron chi connectivity index (χ2n) is 3.78. The summed E-state index contributed by atoms with van der Waals surface area (Å²) in [6.45, 7) is 0.856. The predicted molar refractivity (Wildman–Crippen MR) is 59.7 cm³/mol. The Kier molecular flexibility index (Phi) is 2.02. The van der Waals surface area contributed by atoms with Crippen molar-refractivity contribution < 1.29 is 4.74 Å². The first kappa shape index (κ1) is 9.21. The minimum Gasteiger partial charge on any atom is -0.495 e. The van der Waals surface area contributed by atoms with Crippen molar-refractivity contribution in [1.82, 2.24) is 15.2 Å². The van der Waals surface area contributed by atoms with Crippen molar-refractivity contribution in [3.63, 3.8) is 0 Å². The van der Waals surface area contributed by atoms with Crippen LogP contribution in [0.15, 0.2) is 24.7 Å². The lowest BCUT2D eigenvalue weighted by atomic mass is 9.97. The maximum Gasteiger partial charge on any atom is 0.137 e. The normalized spacial score (nSPS) is 17.9. The first-order valence-electron chi connectivity index (χ1n) is 5.15. The van der Waals surface area contributed by atoms with E-state index in [1.54, 1.807) is 13.3 Å². The molecule has 5 nitrogen and oxygen atoms in total. The Morgan fingerprint density at radius 2 is 2.38 bits per heavy atom. The Morgan fingerprint density at radius 1 is 1.44 bits per heavy atom. The van der Waals surface area contributed by atoms with Gasteiger partial charge in [0.1, 0.15) is 11.6 Å². The first-order chi connectivity index (χ1) is 7.88. The van der Waals surface area contributed by atoms with E-state index >= 15 is 0 Å². The number of hydrogen-bond donors (Lipinski definition) is 2. The van der Waals surface area contributed by atoms with Gasteiger partial charge in [-0.1, -0.05) is 0 Å². The number of nitrogens with zero attached hydrogens (tertiary/aromatic N) is 2. The molecule has 2 N–H and O–H groups in total. The third kappa shape index (κ3) is 1.32. The van der Waals surface area contributed by atoms with Gasteiger partial charge in [-0.25, -0.2) is 4.98 Å². The molecule has 0 amide bonds. The molecule has 3 rings (SSSR count). The molecule has 82 valence electrons. The summed E-state index contributed by atoms with van der Waals surface area (Å²) in [5.74, 6) is 2.03. The highest BCUT2D eigenvalue weighted by molar-refractivity contribution is 5.57. The van der Waals surface area contributed by atoms with E-state index in [2.05, 4.69) is 20.5 Å². The average Bonchev–Trinajstić information content (AvgIpc) is 2.96. The molecule has 2 aromatic rings. The summed E-state index contributed by atoms with van der Waals surface area (Å²) >= 11 is 0. The van der Waals surface area contributed by atoms with Gasteiger partial charge in [-0.05, 0) is 11.6 Å². The van der Waals surface area contributed by atoms with E-state index in [0.717, 1.165) is 18.1 Å². The summed E-state index contributed by atoms with van der Waals surface area (Å²) in [5, 5.41) is 10.1. The van der Waals surface area contributed by atoms with Crippen LogP contribution >= 0.6 is 0 Å². The van der Waals surface area contributed by atoms with E-state index in [4.69, 9.17) is 4.74 Å². The Hall–Kier alpha value is -2.04. The van der Waals surface area contributed by atoms with Gasteiger partial charge in [-0.2, -0.15) is 5.10 Å². The molecular formula is C11H12N4O. The van der Waals surface area contributed by atoms with Gasteiger partial charge in [0.25, 0.3) is 0 Å². The highest BCUT2D eigenvalue weighted by atomic mass is 16.5. The van der Waals surface area contributed by atoms with Crippen LogP contribution in [0.5, 0.6) is 5.75 Å². The largest absolute Gasteiger partial charge is 0.495 e. The van der Waals surface area contributed by atoms with Gasteiger partial charge < -0.3 is 10.1 Å². The number of methoxy groups -OCH3 is 1. The molecule has 2 aromatic heterocycles. The van der Waals surface area contributed by atoms with E-state index in [1.165, 1.54) is 11.1 Å². The Labute approximate surface area is 92.9 Å². The van der Waals surface area contributed by atoms with Crippen LogP contribution < -0.4 is 10.1 Å². The fraction of sp³-hybridized carbons (Fsp3) is 0.273. The summed E-state index contributed by atoms with van der Waals surface area (Å²) in [4.78, 5) is 4.32. The number of pyridine rings is 1. The number of hydrogen-bond acceptors (Lipinski definition) is 4. The van der Waals surface area contributed by atoms with Crippen LogP contribution in [0.1, 0.15) is 17.0 Å². The van der Waals surface area contributed by atoms with Crippen molar-refractivity contribution in [2.24, 2.45) is 0 Å². The molecule has 0 spiro atoms. The molecule has 1 aliphatic heterocycles. The molecule has 1 unspecified atom stereocenters. The van der Waals surface area contributed by atoms with Crippen LogP contribution in [0.3, 0.4) is 0 Å². The van der Waals surface area contributed by atoms with Crippen molar-refractivity contribution in [2.45, 2.75) is 5.92 Å². The lowest BCUT2D eigenvalue weighted by Crippen LogP contribution is -2.02. The zero-order chi connectivity index (χ0) is 11.0. The number of aromatic nitrogens is 3. The van der Waals surface area contributed by atoms with Crippen LogP contribution in [0, 0.1) is 0 Å². The maximum absolute atomic E-state index is 5.19. The van der Waals surface area contributed by atoms with Gasteiger partial charge in [0.05, 0.1) is 19.5 Å². The van der Waals surface area contributed by atoms with E-state index in [-0.39, 0.29) is 0 Å². The Balaban J connectivity index is 2.04. The minimum atomic E-state index is 0.302. The molecule has 5 heteroatoms. The molecule has 1 aliphatic rings. The van der Waals surface area contributed by atoms with Crippen LogP contribution in [-0.4, -0.2) is 28.8 Å². The second kappa shape index (κ2) is 3.52. The molecule has 0 fully saturated rings. The molecule has 0 saturated heterocycles. The van der Waals surface area contributed by atoms with Crippen molar-refractivity contribution >= 4 is 5.82 Å². The van der Waals surface area contributed by atoms with Crippen molar-refractivity contribution in [3.8, 4) is 5.75 Å². The summed E-state index contributed by atoms with van der Waals surface area (Å²) in [7, 11) is 1.65. The summed E-state index contributed by atoms with van der Waals surface area (Å²) in [5.41, 5.74) is 2.34. The van der Waals surface area contributed by atoms with Gasteiger partial charge in [0.2, 0.25) is 0 Å². The summed E-state index contributed by atoms with van der Waals surface area (Å²) in [6.07, 6.45) is 5.49. The molecule has 16 heavy (non-hydrogen) atoms. The SMILES string of the molecule is COc1cnc2c(c1)C(c1cn[nH]c1)CN2. The van der Waals surface area contributed by atoms with Gasteiger partial charge in [-0.15, -0.1) is 0 Å². The predicted octanol–water partition coefficient (Wildman–Crippen LogP) is 1.37. The van der Waals surface area contributed by atoms with Gasteiger partial charge >= 0.3 is 0 Å². The highest BCUT2D eigenvalue weighted by Crippen LogP contribution is 2.36. The van der Waals surface area contributed by atoms with Crippen LogP contribution in [0.25, 0.3) is 0 Å². The molecule has 3 heterocycles. The monoisotopic (exact) mass is 216 g/mol. The van der Waals surface area contributed by atoms with E-state index in [0.29, 0.717) is 5.92 Å². The zero-order valence-electron chi connectivity index (χ0n) is 8.90. The van der Waals surface area contributed by atoms with E-state index in [1.807, 2.05) is 18.5 Å². The van der Waals surface area contributed by atoms with E-state index in [9.17, 15) is 0 Å². The van der Waals surface area contributed by atoms with Crippen molar-refractivity contribution in [2.75, 3.05) is 19.0 Å². The van der Waals surface area contributed by atoms with Gasteiger partial charge in [0, 0.05) is 24.2 Å². The standard InChI is InChI=1S/C11H12N4O/c1-16-8-2-9-10(7-3-14-15-4-7)6-13-11(9)12-5-8/h2-5,10H,6H2,1H3,(H,12,13)(H,14,15). The molecular weight excluding hydrogens is 204 g/mol. The zero-order valence-corrected chi connectivity index (χ0v) is 8.90. The van der Waals surface area contributed by atoms with Crippen LogP contribution in [-0.2, 0) is 0 Å². The third-order valence-electron chi connectivity index (χ3n) is 2.90. The van der Waals surface area contributed by atoms with Crippen LogP contribution in [0.2, 0.25) is 0 Å². The minimum absolute atomic E-state index is 0.302. The highest BCUT2D eigenvalue weighted by Gasteiger charge is 2.25. The Morgan fingerprint density at radius 3 is 3.12 bits per heavy atom. The average molecular weight is 216 g/mol. The first-order valence-corrected chi connectivity index (χ1v) is 5.15. The molecule has 0 radical (unpaired) electrons. The Bertz CT molecular complexity index is 495. The summed E-state index contributed by atoms with van der Waals surface area (Å²) < 4.78 is 5.19. The van der Waals surface area contributed by atoms with Gasteiger partial charge in [0.15, 0.2) is 0 Å². The fourth-order valence-corrected chi connectivity index (χ4v) is 2.04. The van der Waals surface area contributed by atoms with Crippen LogP contribution in [0.4, 0.5) is 5.82 Å². The lowest BCUT2D eigenvalue weighted by molar-refractivity contribution is 0.412. The molecule has 0 aliphatic carbocycles.